The lowest BCUT2D eigenvalue weighted by Crippen LogP contribution is -1.98. The van der Waals surface area contributed by atoms with E-state index < -0.39 is 0 Å². The van der Waals surface area contributed by atoms with E-state index in [-0.39, 0.29) is 6.79 Å². The Kier molecular flexibility index (Phi) is 1.94. The van der Waals surface area contributed by atoms with Crippen molar-refractivity contribution in [3.05, 3.63) is 36.8 Å². The monoisotopic (exact) mass is 254 g/mol. The number of aromatic nitrogens is 3. The van der Waals surface area contributed by atoms with Gasteiger partial charge in [-0.25, -0.2) is 9.67 Å². The summed E-state index contributed by atoms with van der Waals surface area (Å²) in [6, 6.07) is 5.78. The van der Waals surface area contributed by atoms with Gasteiger partial charge in [0.05, 0.1) is 18.1 Å². The summed E-state index contributed by atoms with van der Waals surface area (Å²) in [7, 11) is 0. The zero-order valence-corrected chi connectivity index (χ0v) is 9.91. The molecule has 0 unspecified atom stereocenters. The van der Waals surface area contributed by atoms with Gasteiger partial charge >= 0.3 is 0 Å². The fourth-order valence-electron chi connectivity index (χ4n) is 2.18. The largest absolute Gasteiger partial charge is 0.454 e. The molecule has 0 atom stereocenters. The van der Waals surface area contributed by atoms with Crippen molar-refractivity contribution >= 4 is 16.5 Å². The highest BCUT2D eigenvalue weighted by molar-refractivity contribution is 5.91. The molecule has 0 saturated carbocycles. The molecule has 94 valence electrons. The maximum Gasteiger partial charge on any atom is 0.231 e. The van der Waals surface area contributed by atoms with Crippen LogP contribution in [0.2, 0.25) is 0 Å². The summed E-state index contributed by atoms with van der Waals surface area (Å²) in [5.74, 6) is 2.19. The molecule has 2 N–H and O–H groups in total. The molecule has 0 amide bonds. The number of pyridine rings is 1. The minimum Gasteiger partial charge on any atom is -0.454 e. The molecule has 0 saturated heterocycles. The lowest BCUT2D eigenvalue weighted by molar-refractivity contribution is 0.174. The normalized spacial score (nSPS) is 13.1. The summed E-state index contributed by atoms with van der Waals surface area (Å²) < 4.78 is 12.4. The number of benzene rings is 1. The Morgan fingerprint density at radius 1 is 1.21 bits per heavy atom. The smallest absolute Gasteiger partial charge is 0.231 e. The van der Waals surface area contributed by atoms with Gasteiger partial charge in [-0.05, 0) is 23.6 Å². The first-order valence-corrected chi connectivity index (χ1v) is 5.80. The van der Waals surface area contributed by atoms with Crippen molar-refractivity contribution in [2.24, 2.45) is 0 Å². The SMILES string of the molecule is Nc1cnn(-c2nccc3cc4c(cc23)OCO4)c1. The van der Waals surface area contributed by atoms with E-state index in [1.165, 1.54) is 0 Å². The summed E-state index contributed by atoms with van der Waals surface area (Å²) in [5.41, 5.74) is 6.29. The molecule has 1 aromatic carbocycles. The maximum atomic E-state index is 5.69. The van der Waals surface area contributed by atoms with Gasteiger partial charge in [0.15, 0.2) is 17.3 Å². The highest BCUT2D eigenvalue weighted by atomic mass is 16.7. The van der Waals surface area contributed by atoms with Crippen molar-refractivity contribution in [3.63, 3.8) is 0 Å². The second-order valence-corrected chi connectivity index (χ2v) is 4.28. The second-order valence-electron chi connectivity index (χ2n) is 4.28. The Bertz CT molecular complexity index is 781. The highest BCUT2D eigenvalue weighted by Crippen LogP contribution is 2.37. The third-order valence-electron chi connectivity index (χ3n) is 3.06. The van der Waals surface area contributed by atoms with Crippen LogP contribution in [0.1, 0.15) is 0 Å². The molecule has 6 nitrogen and oxygen atoms in total. The molecule has 19 heavy (non-hydrogen) atoms. The third kappa shape index (κ3) is 1.50. The van der Waals surface area contributed by atoms with Crippen molar-refractivity contribution in [2.45, 2.75) is 0 Å². The van der Waals surface area contributed by atoms with Crippen LogP contribution in [0.25, 0.3) is 16.6 Å². The van der Waals surface area contributed by atoms with Gasteiger partial charge in [0, 0.05) is 11.6 Å². The van der Waals surface area contributed by atoms with Crippen molar-refractivity contribution in [1.82, 2.24) is 14.8 Å². The van der Waals surface area contributed by atoms with Gasteiger partial charge in [-0.2, -0.15) is 5.10 Å². The molecule has 0 radical (unpaired) electrons. The van der Waals surface area contributed by atoms with E-state index in [1.807, 2.05) is 18.2 Å². The maximum absolute atomic E-state index is 5.69. The number of anilines is 1. The number of ether oxygens (including phenoxy) is 2. The van der Waals surface area contributed by atoms with Crippen LogP contribution in [0.15, 0.2) is 36.8 Å². The molecule has 0 spiro atoms. The number of nitrogens with zero attached hydrogens (tertiary/aromatic N) is 3. The average molecular weight is 254 g/mol. The highest BCUT2D eigenvalue weighted by Gasteiger charge is 2.16. The van der Waals surface area contributed by atoms with Gasteiger partial charge in [-0.1, -0.05) is 0 Å². The predicted molar refractivity (Wildman–Crippen MR) is 69.4 cm³/mol. The quantitative estimate of drug-likeness (QED) is 0.715. The minimum atomic E-state index is 0.253. The van der Waals surface area contributed by atoms with Crippen LogP contribution in [0.4, 0.5) is 5.69 Å². The third-order valence-corrected chi connectivity index (χ3v) is 3.06. The Morgan fingerprint density at radius 3 is 2.84 bits per heavy atom. The lowest BCUT2D eigenvalue weighted by atomic mass is 10.1. The van der Waals surface area contributed by atoms with Crippen LogP contribution >= 0.6 is 0 Å². The summed E-state index contributed by atoms with van der Waals surface area (Å²) in [6.07, 6.45) is 5.05. The van der Waals surface area contributed by atoms with Crippen LogP contribution in [0, 0.1) is 0 Å². The molecular formula is C13H10N4O2. The summed E-state index contributed by atoms with van der Waals surface area (Å²) in [4.78, 5) is 4.36. The first kappa shape index (κ1) is 10.2. The lowest BCUT2D eigenvalue weighted by Gasteiger charge is -2.06. The topological polar surface area (TPSA) is 75.2 Å². The predicted octanol–water partition coefficient (Wildman–Crippen LogP) is 1.73. The Labute approximate surface area is 108 Å². The van der Waals surface area contributed by atoms with Gasteiger partial charge in [0.2, 0.25) is 6.79 Å². The van der Waals surface area contributed by atoms with Crippen LogP contribution in [0.3, 0.4) is 0 Å². The molecule has 0 fully saturated rings. The standard InChI is InChI=1S/C13H10N4O2/c14-9-5-16-17(6-9)13-10-4-12-11(18-7-19-12)3-8(10)1-2-15-13/h1-6H,7,14H2. The first-order valence-electron chi connectivity index (χ1n) is 5.80. The fourth-order valence-corrected chi connectivity index (χ4v) is 2.18. The van der Waals surface area contributed by atoms with E-state index >= 15 is 0 Å². The van der Waals surface area contributed by atoms with Crippen molar-refractivity contribution in [3.8, 4) is 17.3 Å². The van der Waals surface area contributed by atoms with Gasteiger partial charge in [0.25, 0.3) is 0 Å². The molecule has 0 aliphatic carbocycles. The first-order chi connectivity index (χ1) is 9.31. The molecule has 6 heteroatoms. The molecule has 1 aliphatic heterocycles. The van der Waals surface area contributed by atoms with E-state index in [9.17, 15) is 0 Å². The number of hydrogen-bond donors (Lipinski definition) is 1. The zero-order chi connectivity index (χ0) is 12.8. The summed E-state index contributed by atoms with van der Waals surface area (Å²) >= 11 is 0. The number of nitrogens with two attached hydrogens (primary N) is 1. The van der Waals surface area contributed by atoms with E-state index in [4.69, 9.17) is 15.2 Å². The van der Waals surface area contributed by atoms with Crippen LogP contribution in [-0.2, 0) is 0 Å². The average Bonchev–Trinajstić information content (AvgIpc) is 3.03. The summed E-state index contributed by atoms with van der Waals surface area (Å²) in [6.45, 7) is 0.253. The van der Waals surface area contributed by atoms with Crippen LogP contribution < -0.4 is 15.2 Å². The summed E-state index contributed by atoms with van der Waals surface area (Å²) in [5, 5.41) is 6.14. The fraction of sp³-hybridized carbons (Fsp3) is 0.0769. The number of nitrogen functional groups attached to an aromatic ring is 1. The van der Waals surface area contributed by atoms with E-state index in [1.54, 1.807) is 23.3 Å². The molecule has 4 rings (SSSR count). The molecule has 3 heterocycles. The van der Waals surface area contributed by atoms with Crippen LogP contribution in [0.5, 0.6) is 11.5 Å². The Morgan fingerprint density at radius 2 is 2.05 bits per heavy atom. The van der Waals surface area contributed by atoms with E-state index in [0.29, 0.717) is 11.5 Å². The molecule has 2 aromatic heterocycles. The van der Waals surface area contributed by atoms with Crippen molar-refractivity contribution in [2.75, 3.05) is 12.5 Å². The zero-order valence-electron chi connectivity index (χ0n) is 9.91. The molecular weight excluding hydrogens is 244 g/mol. The van der Waals surface area contributed by atoms with Gasteiger partial charge in [-0.15, -0.1) is 0 Å². The molecule has 1 aliphatic rings. The number of fused-ring (bicyclic) bond motifs is 2. The molecule has 0 bridgehead atoms. The van der Waals surface area contributed by atoms with Gasteiger partial charge in [0.1, 0.15) is 0 Å². The number of rotatable bonds is 1. The van der Waals surface area contributed by atoms with Gasteiger partial charge in [-0.3, -0.25) is 0 Å². The molecule has 3 aromatic rings. The van der Waals surface area contributed by atoms with E-state index in [2.05, 4.69) is 10.1 Å². The Balaban J connectivity index is 2.01. The van der Waals surface area contributed by atoms with Crippen molar-refractivity contribution in [1.29, 1.82) is 0 Å². The van der Waals surface area contributed by atoms with Gasteiger partial charge < -0.3 is 15.2 Å². The van der Waals surface area contributed by atoms with E-state index in [0.717, 1.165) is 22.3 Å². The minimum absolute atomic E-state index is 0.253. The van der Waals surface area contributed by atoms with Crippen molar-refractivity contribution < 1.29 is 9.47 Å². The Hall–Kier alpha value is -2.76. The second kappa shape index (κ2) is 3.61. The number of hydrogen-bond acceptors (Lipinski definition) is 5. The van der Waals surface area contributed by atoms with Crippen LogP contribution in [-0.4, -0.2) is 21.6 Å².